The standard InChI is InChI=1S/C15H12BrCl2N3S/c16-13-7-12(17)6-11(14(13)18)8-20-21-15(19)22-9-10-4-2-1-3-5-10/h1-8H,9H2,(H2,19,21). The maximum atomic E-state index is 6.14. The third-order valence-electron chi connectivity index (χ3n) is 2.60. The van der Waals surface area contributed by atoms with Crippen molar-refractivity contribution in [1.82, 2.24) is 0 Å². The van der Waals surface area contributed by atoms with Crippen molar-refractivity contribution in [3.63, 3.8) is 0 Å². The molecule has 0 aliphatic carbocycles. The summed E-state index contributed by atoms with van der Waals surface area (Å²) in [4.78, 5) is 0. The second kappa shape index (κ2) is 8.58. The lowest BCUT2D eigenvalue weighted by Gasteiger charge is -2.01. The van der Waals surface area contributed by atoms with E-state index >= 15 is 0 Å². The van der Waals surface area contributed by atoms with Gasteiger partial charge in [-0.15, -0.1) is 5.10 Å². The van der Waals surface area contributed by atoms with Gasteiger partial charge in [0.1, 0.15) is 0 Å². The zero-order chi connectivity index (χ0) is 15.9. The molecule has 0 spiro atoms. The molecule has 0 radical (unpaired) electrons. The molecule has 0 heterocycles. The van der Waals surface area contributed by atoms with E-state index in [2.05, 4.69) is 26.1 Å². The maximum Gasteiger partial charge on any atom is 0.180 e. The second-order valence-corrected chi connectivity index (χ2v) is 6.91. The lowest BCUT2D eigenvalue weighted by Crippen LogP contribution is -2.06. The number of thioether (sulfide) groups is 1. The Kier molecular flexibility index (Phi) is 6.76. The van der Waals surface area contributed by atoms with Gasteiger partial charge in [0.15, 0.2) is 5.17 Å². The van der Waals surface area contributed by atoms with Crippen LogP contribution in [0.15, 0.2) is 57.1 Å². The lowest BCUT2D eigenvalue weighted by molar-refractivity contribution is 1.25. The van der Waals surface area contributed by atoms with Gasteiger partial charge in [0.2, 0.25) is 0 Å². The first-order valence-corrected chi connectivity index (χ1v) is 8.77. The first-order chi connectivity index (χ1) is 10.6. The number of benzene rings is 2. The first-order valence-electron chi connectivity index (χ1n) is 6.24. The summed E-state index contributed by atoms with van der Waals surface area (Å²) < 4.78 is 0.707. The fraction of sp³-hybridized carbons (Fsp3) is 0.0667. The molecule has 2 aromatic rings. The van der Waals surface area contributed by atoms with Crippen LogP contribution in [0.4, 0.5) is 0 Å². The first kappa shape index (κ1) is 17.3. The van der Waals surface area contributed by atoms with Crippen LogP contribution in [-0.2, 0) is 5.75 Å². The highest BCUT2D eigenvalue weighted by Crippen LogP contribution is 2.29. The number of halogens is 3. The Hall–Kier alpha value is -1.01. The zero-order valence-electron chi connectivity index (χ0n) is 11.3. The third-order valence-corrected chi connectivity index (χ3v) is 4.95. The number of nitrogens with zero attached hydrogens (tertiary/aromatic N) is 2. The van der Waals surface area contributed by atoms with Gasteiger partial charge in [-0.1, -0.05) is 65.3 Å². The highest BCUT2D eigenvalue weighted by molar-refractivity contribution is 9.10. The molecule has 0 aliphatic heterocycles. The van der Waals surface area contributed by atoms with E-state index in [-0.39, 0.29) is 0 Å². The molecule has 0 atom stereocenters. The zero-order valence-corrected chi connectivity index (χ0v) is 15.3. The smallest absolute Gasteiger partial charge is 0.180 e. The average Bonchev–Trinajstić information content (AvgIpc) is 2.51. The normalized spacial score (nSPS) is 12.0. The molecule has 0 amide bonds. The molecule has 0 saturated carbocycles. The largest absolute Gasteiger partial charge is 0.377 e. The lowest BCUT2D eigenvalue weighted by atomic mass is 10.2. The Morgan fingerprint density at radius 2 is 1.95 bits per heavy atom. The average molecular weight is 417 g/mol. The minimum Gasteiger partial charge on any atom is -0.377 e. The van der Waals surface area contributed by atoms with Crippen LogP contribution in [0.5, 0.6) is 0 Å². The number of hydrogen-bond donors (Lipinski definition) is 1. The number of nitrogens with two attached hydrogens (primary N) is 1. The summed E-state index contributed by atoms with van der Waals surface area (Å²) in [6.07, 6.45) is 1.52. The van der Waals surface area contributed by atoms with E-state index in [1.807, 2.05) is 30.3 Å². The van der Waals surface area contributed by atoms with Gasteiger partial charge in [-0.3, -0.25) is 0 Å². The molecule has 2 aromatic carbocycles. The molecule has 22 heavy (non-hydrogen) atoms. The van der Waals surface area contributed by atoms with Crippen LogP contribution in [0.25, 0.3) is 0 Å². The summed E-state index contributed by atoms with van der Waals surface area (Å²) in [7, 11) is 0. The van der Waals surface area contributed by atoms with Crippen LogP contribution in [0, 0.1) is 0 Å². The Bertz CT molecular complexity index is 705. The summed E-state index contributed by atoms with van der Waals surface area (Å²) in [5.74, 6) is 0.745. The highest BCUT2D eigenvalue weighted by Gasteiger charge is 2.04. The number of amidine groups is 1. The van der Waals surface area contributed by atoms with Gasteiger partial charge in [-0.05, 0) is 33.6 Å². The SMILES string of the molecule is NC(=NN=Cc1cc(Cl)cc(Br)c1Cl)SCc1ccccc1. The van der Waals surface area contributed by atoms with Crippen LogP contribution in [-0.4, -0.2) is 11.4 Å². The number of rotatable bonds is 4. The molecule has 2 N–H and O–H groups in total. The van der Waals surface area contributed by atoms with Crippen LogP contribution in [0.2, 0.25) is 10.0 Å². The fourth-order valence-corrected chi connectivity index (χ4v) is 3.18. The van der Waals surface area contributed by atoms with Crippen LogP contribution < -0.4 is 5.73 Å². The van der Waals surface area contributed by atoms with Gasteiger partial charge < -0.3 is 5.73 Å². The van der Waals surface area contributed by atoms with Crippen molar-refractivity contribution in [3.8, 4) is 0 Å². The summed E-state index contributed by atoms with van der Waals surface area (Å²) in [6.45, 7) is 0. The Balaban J connectivity index is 1.98. The van der Waals surface area contributed by atoms with E-state index in [0.29, 0.717) is 25.2 Å². The van der Waals surface area contributed by atoms with Crippen molar-refractivity contribution in [2.45, 2.75) is 5.75 Å². The third kappa shape index (κ3) is 5.32. The van der Waals surface area contributed by atoms with Gasteiger partial charge in [0.05, 0.1) is 11.2 Å². The minimum absolute atomic E-state index is 0.386. The minimum atomic E-state index is 0.386. The monoisotopic (exact) mass is 415 g/mol. The van der Waals surface area contributed by atoms with E-state index in [9.17, 15) is 0 Å². The molecular weight excluding hydrogens is 405 g/mol. The summed E-state index contributed by atoms with van der Waals surface area (Å²) in [5, 5.41) is 9.37. The molecule has 3 nitrogen and oxygen atoms in total. The molecule has 0 fully saturated rings. The van der Waals surface area contributed by atoms with E-state index in [1.54, 1.807) is 12.1 Å². The molecule has 0 aliphatic rings. The van der Waals surface area contributed by atoms with Crippen molar-refractivity contribution in [2.75, 3.05) is 0 Å². The molecule has 0 aromatic heterocycles. The Labute approximate surface area is 151 Å². The van der Waals surface area contributed by atoms with Crippen molar-refractivity contribution in [3.05, 3.63) is 68.1 Å². The highest BCUT2D eigenvalue weighted by atomic mass is 79.9. The van der Waals surface area contributed by atoms with E-state index in [1.165, 1.54) is 23.5 Å². The van der Waals surface area contributed by atoms with Gasteiger partial charge in [0, 0.05) is 20.8 Å². The van der Waals surface area contributed by atoms with Crippen molar-refractivity contribution < 1.29 is 0 Å². The fourth-order valence-electron chi connectivity index (χ4n) is 1.58. The molecule has 0 bridgehead atoms. The quantitative estimate of drug-likeness (QED) is 0.316. The predicted molar refractivity (Wildman–Crippen MR) is 101 cm³/mol. The van der Waals surface area contributed by atoms with Crippen LogP contribution >= 0.6 is 50.9 Å². The Morgan fingerprint density at radius 1 is 1.23 bits per heavy atom. The summed E-state index contributed by atoms with van der Waals surface area (Å²) >= 11 is 16.9. The molecule has 0 saturated heterocycles. The van der Waals surface area contributed by atoms with Crippen LogP contribution in [0.1, 0.15) is 11.1 Å². The topological polar surface area (TPSA) is 50.7 Å². The van der Waals surface area contributed by atoms with Gasteiger partial charge in [-0.2, -0.15) is 5.10 Å². The summed E-state index contributed by atoms with van der Waals surface area (Å²) in [5.41, 5.74) is 7.66. The number of hydrogen-bond acceptors (Lipinski definition) is 3. The maximum absolute atomic E-state index is 6.14. The van der Waals surface area contributed by atoms with Crippen LogP contribution in [0.3, 0.4) is 0 Å². The van der Waals surface area contributed by atoms with E-state index < -0.39 is 0 Å². The second-order valence-electron chi connectivity index (χ2n) is 4.25. The molecule has 114 valence electrons. The van der Waals surface area contributed by atoms with Gasteiger partial charge in [0.25, 0.3) is 0 Å². The van der Waals surface area contributed by atoms with Crippen molar-refractivity contribution in [2.24, 2.45) is 15.9 Å². The molecule has 2 rings (SSSR count). The molecule has 0 unspecified atom stereocenters. The molecule has 7 heteroatoms. The van der Waals surface area contributed by atoms with Crippen molar-refractivity contribution in [1.29, 1.82) is 0 Å². The van der Waals surface area contributed by atoms with E-state index in [4.69, 9.17) is 28.9 Å². The van der Waals surface area contributed by atoms with Gasteiger partial charge >= 0.3 is 0 Å². The van der Waals surface area contributed by atoms with E-state index in [0.717, 1.165) is 5.75 Å². The predicted octanol–water partition coefficient (Wildman–Crippen LogP) is 5.34. The van der Waals surface area contributed by atoms with Crippen molar-refractivity contribution >= 4 is 62.3 Å². The van der Waals surface area contributed by atoms with Gasteiger partial charge in [-0.25, -0.2) is 0 Å². The Morgan fingerprint density at radius 3 is 2.68 bits per heavy atom. The molecular formula is C15H12BrCl2N3S. The summed E-state index contributed by atoms with van der Waals surface area (Å²) in [6, 6.07) is 13.4.